The molecule has 0 bridgehead atoms. The fourth-order valence-corrected chi connectivity index (χ4v) is 4.25. The molecular weight excluding hydrogens is 256 g/mol. The van der Waals surface area contributed by atoms with E-state index in [1.807, 2.05) is 4.90 Å². The summed E-state index contributed by atoms with van der Waals surface area (Å²) in [4.78, 5) is 17.1. The predicted molar refractivity (Wildman–Crippen MR) is 78.9 cm³/mol. The third-order valence-corrected chi connectivity index (χ3v) is 5.46. The molecule has 4 heteroatoms. The van der Waals surface area contributed by atoms with Crippen molar-refractivity contribution in [1.82, 2.24) is 10.2 Å². The van der Waals surface area contributed by atoms with Crippen molar-refractivity contribution in [2.75, 3.05) is 13.1 Å². The molecule has 1 aliphatic heterocycles. The average Bonchev–Trinajstić information content (AvgIpc) is 2.84. The maximum Gasteiger partial charge on any atom is 0.264 e. The standard InChI is InChI=1S/C15H22N2OS/c1-10-9-17(11(2)8-16-10)15(18)14-7-12-5-3-4-6-13(12)19-14/h7,10-11,16H,3-6,8-9H2,1-2H3. The van der Waals surface area contributed by atoms with Crippen molar-refractivity contribution in [2.24, 2.45) is 0 Å². The molecule has 0 spiro atoms. The molecule has 1 aromatic rings. The van der Waals surface area contributed by atoms with Crippen LogP contribution in [0.4, 0.5) is 0 Å². The van der Waals surface area contributed by atoms with Gasteiger partial charge in [0.05, 0.1) is 4.88 Å². The first-order chi connectivity index (χ1) is 9.15. The normalized spacial score (nSPS) is 27.2. The van der Waals surface area contributed by atoms with Crippen molar-refractivity contribution >= 4 is 17.2 Å². The van der Waals surface area contributed by atoms with Crippen LogP contribution in [0.25, 0.3) is 0 Å². The topological polar surface area (TPSA) is 32.3 Å². The van der Waals surface area contributed by atoms with Crippen LogP contribution in [0.1, 0.15) is 46.8 Å². The predicted octanol–water partition coefficient (Wildman–Crippen LogP) is 2.45. The molecule has 2 atom stereocenters. The fraction of sp³-hybridized carbons (Fsp3) is 0.667. The molecule has 0 radical (unpaired) electrons. The molecule has 2 aliphatic rings. The Kier molecular flexibility index (Phi) is 3.63. The molecule has 0 aromatic carbocycles. The second kappa shape index (κ2) is 5.25. The minimum Gasteiger partial charge on any atom is -0.332 e. The van der Waals surface area contributed by atoms with E-state index >= 15 is 0 Å². The summed E-state index contributed by atoms with van der Waals surface area (Å²) >= 11 is 1.73. The van der Waals surface area contributed by atoms with Crippen molar-refractivity contribution in [1.29, 1.82) is 0 Å². The van der Waals surface area contributed by atoms with Crippen LogP contribution in [-0.4, -0.2) is 36.0 Å². The SMILES string of the molecule is CC1CN(C(=O)c2cc3c(s2)CCCC3)C(C)CN1. The van der Waals surface area contributed by atoms with Gasteiger partial charge in [-0.1, -0.05) is 0 Å². The van der Waals surface area contributed by atoms with Crippen molar-refractivity contribution in [3.63, 3.8) is 0 Å². The van der Waals surface area contributed by atoms with Gasteiger partial charge in [0.25, 0.3) is 5.91 Å². The summed E-state index contributed by atoms with van der Waals surface area (Å²) in [5.74, 6) is 0.236. The second-order valence-electron chi connectivity index (χ2n) is 5.88. The molecule has 1 N–H and O–H groups in total. The molecular formula is C15H22N2OS. The maximum absolute atomic E-state index is 12.7. The summed E-state index contributed by atoms with van der Waals surface area (Å²) < 4.78 is 0. The molecule has 1 amide bonds. The van der Waals surface area contributed by atoms with Crippen molar-refractivity contribution < 1.29 is 4.79 Å². The van der Waals surface area contributed by atoms with E-state index in [0.717, 1.165) is 24.4 Å². The van der Waals surface area contributed by atoms with E-state index in [1.165, 1.54) is 29.7 Å². The smallest absolute Gasteiger partial charge is 0.264 e. The Morgan fingerprint density at radius 1 is 1.37 bits per heavy atom. The van der Waals surface area contributed by atoms with Gasteiger partial charge in [-0.3, -0.25) is 4.79 Å². The van der Waals surface area contributed by atoms with Crippen molar-refractivity contribution in [3.05, 3.63) is 21.4 Å². The van der Waals surface area contributed by atoms with Gasteiger partial charge in [0.2, 0.25) is 0 Å². The van der Waals surface area contributed by atoms with E-state index in [0.29, 0.717) is 12.1 Å². The van der Waals surface area contributed by atoms with Crippen LogP contribution in [0.15, 0.2) is 6.07 Å². The number of fused-ring (bicyclic) bond motifs is 1. The zero-order chi connectivity index (χ0) is 13.4. The molecule has 2 heterocycles. The maximum atomic E-state index is 12.7. The van der Waals surface area contributed by atoms with Gasteiger partial charge in [-0.05, 0) is 51.2 Å². The fourth-order valence-electron chi connectivity index (χ4n) is 3.04. The van der Waals surface area contributed by atoms with E-state index < -0.39 is 0 Å². The Hall–Kier alpha value is -0.870. The van der Waals surface area contributed by atoms with Gasteiger partial charge in [0.1, 0.15) is 0 Å². The lowest BCUT2D eigenvalue weighted by atomic mass is 9.99. The van der Waals surface area contributed by atoms with E-state index in [4.69, 9.17) is 0 Å². The Labute approximate surface area is 119 Å². The van der Waals surface area contributed by atoms with Crippen LogP contribution in [0.5, 0.6) is 0 Å². The zero-order valence-electron chi connectivity index (χ0n) is 11.7. The molecule has 2 unspecified atom stereocenters. The van der Waals surface area contributed by atoms with E-state index in [2.05, 4.69) is 25.2 Å². The molecule has 19 heavy (non-hydrogen) atoms. The number of thiophene rings is 1. The molecule has 3 rings (SSSR count). The van der Waals surface area contributed by atoms with Crippen molar-refractivity contribution in [3.8, 4) is 0 Å². The Bertz CT molecular complexity index is 459. The van der Waals surface area contributed by atoms with Crippen LogP contribution in [0.2, 0.25) is 0 Å². The minimum absolute atomic E-state index is 0.236. The quantitative estimate of drug-likeness (QED) is 0.856. The monoisotopic (exact) mass is 278 g/mol. The molecule has 3 nitrogen and oxygen atoms in total. The first-order valence-corrected chi connectivity index (χ1v) is 8.12. The summed E-state index contributed by atoms with van der Waals surface area (Å²) in [6.07, 6.45) is 4.88. The van der Waals surface area contributed by atoms with Gasteiger partial charge >= 0.3 is 0 Å². The van der Waals surface area contributed by atoms with E-state index in [-0.39, 0.29) is 5.91 Å². The summed E-state index contributed by atoms with van der Waals surface area (Å²) in [6, 6.07) is 2.85. The Morgan fingerprint density at radius 2 is 2.16 bits per heavy atom. The first kappa shape index (κ1) is 13.1. The van der Waals surface area contributed by atoms with Gasteiger partial charge in [-0.25, -0.2) is 0 Å². The van der Waals surface area contributed by atoms with Gasteiger partial charge in [-0.15, -0.1) is 11.3 Å². The number of rotatable bonds is 1. The molecule has 1 aromatic heterocycles. The highest BCUT2D eigenvalue weighted by Gasteiger charge is 2.29. The molecule has 0 saturated carbocycles. The number of piperazine rings is 1. The average molecular weight is 278 g/mol. The molecule has 1 fully saturated rings. The summed E-state index contributed by atoms with van der Waals surface area (Å²) in [5, 5.41) is 3.43. The van der Waals surface area contributed by atoms with Gasteiger partial charge < -0.3 is 10.2 Å². The lowest BCUT2D eigenvalue weighted by Crippen LogP contribution is -2.56. The number of amides is 1. The van der Waals surface area contributed by atoms with Gasteiger partial charge in [0.15, 0.2) is 0 Å². The van der Waals surface area contributed by atoms with Crippen LogP contribution in [-0.2, 0) is 12.8 Å². The highest BCUT2D eigenvalue weighted by Crippen LogP contribution is 2.30. The largest absolute Gasteiger partial charge is 0.332 e. The number of nitrogens with one attached hydrogen (secondary N) is 1. The Balaban J connectivity index is 1.81. The van der Waals surface area contributed by atoms with Crippen LogP contribution < -0.4 is 5.32 Å². The Morgan fingerprint density at radius 3 is 2.95 bits per heavy atom. The van der Waals surface area contributed by atoms with Gasteiger partial charge in [-0.2, -0.15) is 0 Å². The molecule has 104 valence electrons. The minimum atomic E-state index is 0.236. The van der Waals surface area contributed by atoms with Crippen LogP contribution in [0, 0.1) is 0 Å². The third-order valence-electron chi connectivity index (χ3n) is 4.23. The van der Waals surface area contributed by atoms with E-state index in [9.17, 15) is 4.79 Å². The lowest BCUT2D eigenvalue weighted by Gasteiger charge is -2.37. The molecule has 1 aliphatic carbocycles. The highest BCUT2D eigenvalue weighted by molar-refractivity contribution is 7.14. The number of aryl methyl sites for hydroxylation is 2. The first-order valence-electron chi connectivity index (χ1n) is 7.31. The van der Waals surface area contributed by atoms with Crippen LogP contribution in [0.3, 0.4) is 0 Å². The number of carbonyl (C=O) groups is 1. The summed E-state index contributed by atoms with van der Waals surface area (Å²) in [7, 11) is 0. The number of carbonyl (C=O) groups excluding carboxylic acids is 1. The third kappa shape index (κ3) is 2.56. The lowest BCUT2D eigenvalue weighted by molar-refractivity contribution is 0.0621. The van der Waals surface area contributed by atoms with Crippen LogP contribution >= 0.6 is 11.3 Å². The zero-order valence-corrected chi connectivity index (χ0v) is 12.6. The molecule has 1 saturated heterocycles. The summed E-state index contributed by atoms with van der Waals surface area (Å²) in [6.45, 7) is 6.00. The number of nitrogens with zero attached hydrogens (tertiary/aromatic N) is 1. The number of hydrogen-bond acceptors (Lipinski definition) is 3. The van der Waals surface area contributed by atoms with Gasteiger partial charge in [0, 0.05) is 30.1 Å². The summed E-state index contributed by atoms with van der Waals surface area (Å²) in [5.41, 5.74) is 1.43. The highest BCUT2D eigenvalue weighted by atomic mass is 32.1. The van der Waals surface area contributed by atoms with E-state index in [1.54, 1.807) is 11.3 Å². The number of hydrogen-bond donors (Lipinski definition) is 1. The second-order valence-corrected chi connectivity index (χ2v) is 7.02. The van der Waals surface area contributed by atoms with Crippen molar-refractivity contribution in [2.45, 2.75) is 51.6 Å².